The highest BCUT2D eigenvalue weighted by molar-refractivity contribution is 7.91. The normalized spacial score (nSPS) is 16.2. The number of nitrogens with zero attached hydrogens (tertiary/aromatic N) is 1. The van der Waals surface area contributed by atoms with Crippen molar-refractivity contribution in [3.8, 4) is 0 Å². The van der Waals surface area contributed by atoms with Gasteiger partial charge in [-0.3, -0.25) is 9.69 Å². The molecule has 2 aromatic rings. The van der Waals surface area contributed by atoms with E-state index in [1.165, 1.54) is 17.7 Å². The molecular weight excluding hydrogens is 420 g/mol. The zero-order valence-electron chi connectivity index (χ0n) is 17.9. The molecule has 31 heavy (non-hydrogen) atoms. The first kappa shape index (κ1) is 23.5. The van der Waals surface area contributed by atoms with E-state index in [-0.39, 0.29) is 16.6 Å². The van der Waals surface area contributed by atoms with E-state index in [0.717, 1.165) is 43.5 Å². The maximum absolute atomic E-state index is 12.8. The average molecular weight is 450 g/mol. The summed E-state index contributed by atoms with van der Waals surface area (Å²) in [6.07, 6.45) is 2.54. The molecule has 0 N–H and O–H groups in total. The van der Waals surface area contributed by atoms with Crippen LogP contribution in [0.5, 0.6) is 0 Å². The minimum absolute atomic E-state index is 0.00533. The number of halogens is 2. The summed E-state index contributed by atoms with van der Waals surface area (Å²) in [6, 6.07) is 13.6. The van der Waals surface area contributed by atoms with Crippen LogP contribution in [-0.2, 0) is 22.8 Å². The third kappa shape index (κ3) is 5.98. The third-order valence-corrected chi connectivity index (χ3v) is 7.13. The maximum atomic E-state index is 12.8. The van der Waals surface area contributed by atoms with E-state index in [9.17, 15) is 22.0 Å². The number of alkyl halides is 2. The van der Waals surface area contributed by atoms with Crippen LogP contribution in [0.1, 0.15) is 48.2 Å². The van der Waals surface area contributed by atoms with Crippen molar-refractivity contribution in [1.29, 1.82) is 0 Å². The molecule has 0 atom stereocenters. The molecule has 0 saturated carbocycles. The van der Waals surface area contributed by atoms with Crippen molar-refractivity contribution in [2.75, 3.05) is 13.1 Å². The second-order valence-corrected chi connectivity index (χ2v) is 10.6. The number of sulfone groups is 1. The summed E-state index contributed by atoms with van der Waals surface area (Å²) < 4.78 is 48.3. The minimum atomic E-state index is -4.56. The SMILES string of the molecule is CC(C)Cc1ccc(C(=O)C2CCN(Cc3ccc(S(=O)(=O)C(F)F)cc3)CC2)cc1. The smallest absolute Gasteiger partial charge is 0.299 e. The van der Waals surface area contributed by atoms with E-state index in [0.29, 0.717) is 12.5 Å². The summed E-state index contributed by atoms with van der Waals surface area (Å²) in [6.45, 7) is 6.47. The topological polar surface area (TPSA) is 54.5 Å². The van der Waals surface area contributed by atoms with Crippen LogP contribution in [-0.4, -0.2) is 37.9 Å². The predicted molar refractivity (Wildman–Crippen MR) is 117 cm³/mol. The van der Waals surface area contributed by atoms with Crippen LogP contribution in [0.3, 0.4) is 0 Å². The highest BCUT2D eigenvalue weighted by Gasteiger charge is 2.27. The molecule has 0 radical (unpaired) electrons. The standard InChI is InChI=1S/C24H29F2NO3S/c1-17(2)15-18-3-7-20(8-4-18)23(28)21-11-13-27(14-12-21)16-19-5-9-22(10-6-19)31(29,30)24(25)26/h3-10,17,21,24H,11-16H2,1-2H3. The number of benzene rings is 2. The minimum Gasteiger partial charge on any atom is -0.299 e. The molecule has 0 amide bonds. The lowest BCUT2D eigenvalue weighted by molar-refractivity contribution is 0.0835. The number of hydrogen-bond donors (Lipinski definition) is 0. The number of piperidine rings is 1. The summed E-state index contributed by atoms with van der Waals surface area (Å²) in [4.78, 5) is 14.7. The second-order valence-electron chi connectivity index (χ2n) is 8.66. The molecule has 1 fully saturated rings. The van der Waals surface area contributed by atoms with Crippen LogP contribution in [0.4, 0.5) is 8.78 Å². The molecule has 2 aromatic carbocycles. The zero-order chi connectivity index (χ0) is 22.6. The molecule has 1 heterocycles. The Labute approximate surface area is 183 Å². The van der Waals surface area contributed by atoms with E-state index in [1.807, 2.05) is 24.3 Å². The molecule has 1 aliphatic heterocycles. The van der Waals surface area contributed by atoms with Crippen molar-refractivity contribution in [3.63, 3.8) is 0 Å². The molecular formula is C24H29F2NO3S. The lowest BCUT2D eigenvalue weighted by Gasteiger charge is -2.31. The van der Waals surface area contributed by atoms with Gasteiger partial charge in [0.05, 0.1) is 4.90 Å². The fourth-order valence-electron chi connectivity index (χ4n) is 4.01. The molecule has 7 heteroatoms. The first-order chi connectivity index (χ1) is 14.7. The van der Waals surface area contributed by atoms with Gasteiger partial charge >= 0.3 is 5.76 Å². The molecule has 1 aliphatic rings. The fraction of sp³-hybridized carbons (Fsp3) is 0.458. The van der Waals surface area contributed by atoms with Gasteiger partial charge in [0.15, 0.2) is 5.78 Å². The molecule has 168 valence electrons. The van der Waals surface area contributed by atoms with Crippen molar-refractivity contribution < 1.29 is 22.0 Å². The van der Waals surface area contributed by atoms with Crippen LogP contribution >= 0.6 is 0 Å². The van der Waals surface area contributed by atoms with Gasteiger partial charge in [0.25, 0.3) is 0 Å². The summed E-state index contributed by atoms with van der Waals surface area (Å²) >= 11 is 0. The number of Topliss-reactive ketones (excluding diaryl/α,β-unsaturated/α-hetero) is 1. The Kier molecular flexibility index (Phi) is 7.59. The molecule has 0 aliphatic carbocycles. The Morgan fingerprint density at radius 2 is 1.52 bits per heavy atom. The van der Waals surface area contributed by atoms with Crippen LogP contribution in [0.2, 0.25) is 0 Å². The van der Waals surface area contributed by atoms with Crippen molar-refractivity contribution in [3.05, 3.63) is 65.2 Å². The van der Waals surface area contributed by atoms with Gasteiger partial charge in [-0.05, 0) is 61.5 Å². The maximum Gasteiger partial charge on any atom is 0.341 e. The number of hydrogen-bond acceptors (Lipinski definition) is 4. The van der Waals surface area contributed by atoms with E-state index < -0.39 is 15.6 Å². The van der Waals surface area contributed by atoms with Crippen LogP contribution < -0.4 is 0 Å². The Balaban J connectivity index is 1.53. The van der Waals surface area contributed by atoms with Gasteiger partial charge in [-0.2, -0.15) is 8.78 Å². The van der Waals surface area contributed by atoms with Crippen molar-refractivity contribution in [2.24, 2.45) is 11.8 Å². The first-order valence-electron chi connectivity index (χ1n) is 10.6. The molecule has 1 saturated heterocycles. The van der Waals surface area contributed by atoms with Crippen molar-refractivity contribution in [1.82, 2.24) is 4.90 Å². The number of ketones is 1. The van der Waals surface area contributed by atoms with E-state index in [2.05, 4.69) is 18.7 Å². The second kappa shape index (κ2) is 10.0. The predicted octanol–water partition coefficient (Wildman–Crippen LogP) is 4.98. The molecule has 4 nitrogen and oxygen atoms in total. The molecule has 0 aromatic heterocycles. The summed E-state index contributed by atoms with van der Waals surface area (Å²) in [5.41, 5.74) is 2.87. The Bertz CT molecular complexity index is 978. The quantitative estimate of drug-likeness (QED) is 0.534. The number of likely N-dealkylation sites (tertiary alicyclic amines) is 1. The lowest BCUT2D eigenvalue weighted by atomic mass is 9.88. The largest absolute Gasteiger partial charge is 0.341 e. The Morgan fingerprint density at radius 3 is 2.03 bits per heavy atom. The lowest BCUT2D eigenvalue weighted by Crippen LogP contribution is -2.36. The zero-order valence-corrected chi connectivity index (χ0v) is 18.7. The van der Waals surface area contributed by atoms with Gasteiger partial charge < -0.3 is 0 Å². The van der Waals surface area contributed by atoms with Gasteiger partial charge in [0, 0.05) is 18.0 Å². The Morgan fingerprint density at radius 1 is 0.968 bits per heavy atom. The highest BCUT2D eigenvalue weighted by Crippen LogP contribution is 2.24. The van der Waals surface area contributed by atoms with Crippen LogP contribution in [0.25, 0.3) is 0 Å². The monoisotopic (exact) mass is 449 g/mol. The highest BCUT2D eigenvalue weighted by atomic mass is 32.2. The summed E-state index contributed by atoms with van der Waals surface area (Å²) in [5.74, 6) is -2.64. The number of carbonyl (C=O) groups excluding carboxylic acids is 1. The third-order valence-electron chi connectivity index (χ3n) is 5.73. The summed E-state index contributed by atoms with van der Waals surface area (Å²) in [5, 5.41) is 0. The summed E-state index contributed by atoms with van der Waals surface area (Å²) in [7, 11) is -4.56. The van der Waals surface area contributed by atoms with Crippen molar-refractivity contribution in [2.45, 2.75) is 50.3 Å². The Hall–Kier alpha value is -2.12. The van der Waals surface area contributed by atoms with Crippen LogP contribution in [0.15, 0.2) is 53.4 Å². The molecule has 0 bridgehead atoms. The number of rotatable bonds is 8. The first-order valence-corrected chi connectivity index (χ1v) is 12.2. The van der Waals surface area contributed by atoms with E-state index in [4.69, 9.17) is 0 Å². The number of carbonyl (C=O) groups is 1. The molecule has 0 unspecified atom stereocenters. The molecule has 3 rings (SSSR count). The van der Waals surface area contributed by atoms with E-state index in [1.54, 1.807) is 12.1 Å². The fourth-order valence-corrected chi connectivity index (χ4v) is 4.73. The van der Waals surface area contributed by atoms with Crippen molar-refractivity contribution >= 4 is 15.6 Å². The molecule has 0 spiro atoms. The van der Waals surface area contributed by atoms with E-state index >= 15 is 0 Å². The van der Waals surface area contributed by atoms with Gasteiger partial charge in [0.1, 0.15) is 0 Å². The van der Waals surface area contributed by atoms with Gasteiger partial charge in [-0.1, -0.05) is 50.2 Å². The van der Waals surface area contributed by atoms with Gasteiger partial charge in [-0.25, -0.2) is 8.42 Å². The van der Waals surface area contributed by atoms with Crippen LogP contribution in [0, 0.1) is 11.8 Å². The van der Waals surface area contributed by atoms with Gasteiger partial charge in [-0.15, -0.1) is 0 Å². The van der Waals surface area contributed by atoms with Gasteiger partial charge in [0.2, 0.25) is 9.84 Å². The average Bonchev–Trinajstić information content (AvgIpc) is 2.74.